The van der Waals surface area contributed by atoms with Crippen LogP contribution >= 0.6 is 0 Å². The van der Waals surface area contributed by atoms with Crippen LogP contribution < -0.4 is 87.2 Å². The SMILES string of the molecule is CCC(C)CCCC(=O)N[C@@H](CCN)C(=O)N[C@H](C(=O)N[C@@H](CCN)C(=O)N[C@H]1CCNC(=O)C([C@@H](C)O)NC(=O)[C@@H](CCN)NC(=O)[C@H](CCN)NC(=O)[C@@H](CC(C)C)NC(=O)C(CC(C)C)NC(=O)[C@H](CCN)NC1=O)[C@@H](C)O. The number of carbonyl (C=O) groups is 11. The normalized spacial score (nSPS) is 23.6. The Morgan fingerprint density at radius 3 is 1.38 bits per heavy atom. The summed E-state index contributed by atoms with van der Waals surface area (Å²) in [6.07, 6.45) is -1.79. The first-order valence-electron chi connectivity index (χ1n) is 28.3. The highest BCUT2D eigenvalue weighted by atomic mass is 16.3. The Labute approximate surface area is 475 Å². The van der Waals surface area contributed by atoms with Crippen LogP contribution in [0.4, 0.5) is 0 Å². The van der Waals surface area contributed by atoms with E-state index in [-0.39, 0.29) is 95.9 Å². The molecule has 23 N–H and O–H groups in total. The molecule has 1 aliphatic heterocycles. The van der Waals surface area contributed by atoms with Crippen LogP contribution in [0.25, 0.3) is 0 Å². The average molecular weight is 1160 g/mol. The smallest absolute Gasteiger partial charge is 0.245 e. The number of nitrogens with one attached hydrogen (secondary N) is 11. The summed E-state index contributed by atoms with van der Waals surface area (Å²) in [5.41, 5.74) is 29.2. The number of rotatable bonds is 28. The highest BCUT2D eigenvalue weighted by Gasteiger charge is 2.37. The van der Waals surface area contributed by atoms with Gasteiger partial charge in [0.25, 0.3) is 0 Å². The van der Waals surface area contributed by atoms with Crippen LogP contribution in [0.5, 0.6) is 0 Å². The second-order valence-electron chi connectivity index (χ2n) is 21.6. The summed E-state index contributed by atoms with van der Waals surface area (Å²) >= 11 is 0. The van der Waals surface area contributed by atoms with Gasteiger partial charge in [-0.3, -0.25) is 52.7 Å². The Morgan fingerprint density at radius 1 is 0.531 bits per heavy atom. The zero-order valence-corrected chi connectivity index (χ0v) is 48.7. The van der Waals surface area contributed by atoms with E-state index < -0.39 is 151 Å². The molecule has 0 spiro atoms. The van der Waals surface area contributed by atoms with Crippen molar-refractivity contribution < 1.29 is 63.0 Å². The molecule has 11 amide bonds. The molecule has 3 unspecified atom stereocenters. The molecule has 81 heavy (non-hydrogen) atoms. The van der Waals surface area contributed by atoms with Gasteiger partial charge in [-0.05, 0) is 122 Å². The van der Waals surface area contributed by atoms with Crippen molar-refractivity contribution >= 4 is 65.0 Å². The first-order chi connectivity index (χ1) is 38.2. The lowest BCUT2D eigenvalue weighted by molar-refractivity contribution is -0.137. The Kier molecular flexibility index (Phi) is 34.7. The van der Waals surface area contributed by atoms with Gasteiger partial charge in [0.1, 0.15) is 60.4 Å². The van der Waals surface area contributed by atoms with E-state index in [1.807, 2.05) is 6.92 Å². The van der Waals surface area contributed by atoms with Gasteiger partial charge in [0, 0.05) is 13.0 Å². The van der Waals surface area contributed by atoms with Crippen LogP contribution in [0.3, 0.4) is 0 Å². The summed E-state index contributed by atoms with van der Waals surface area (Å²) in [5, 5.41) is 49.5. The third-order valence-electron chi connectivity index (χ3n) is 13.4. The average Bonchev–Trinajstić information content (AvgIpc) is 3.41. The molecule has 13 atom stereocenters. The van der Waals surface area contributed by atoms with E-state index in [4.69, 9.17) is 28.7 Å². The van der Waals surface area contributed by atoms with Gasteiger partial charge in [-0.15, -0.1) is 0 Å². The van der Waals surface area contributed by atoms with Crippen molar-refractivity contribution in [2.75, 3.05) is 39.3 Å². The van der Waals surface area contributed by atoms with Gasteiger partial charge in [0.2, 0.25) is 65.0 Å². The summed E-state index contributed by atoms with van der Waals surface area (Å²) < 4.78 is 0. The van der Waals surface area contributed by atoms with Gasteiger partial charge < -0.3 is 97.4 Å². The maximum Gasteiger partial charge on any atom is 0.245 e. The predicted octanol–water partition coefficient (Wildman–Crippen LogP) is -5.83. The molecule has 1 heterocycles. The minimum atomic E-state index is -1.69. The Morgan fingerprint density at radius 2 is 0.963 bits per heavy atom. The van der Waals surface area contributed by atoms with E-state index in [0.717, 1.165) is 12.8 Å². The third kappa shape index (κ3) is 27.0. The van der Waals surface area contributed by atoms with Crippen molar-refractivity contribution in [3.05, 3.63) is 0 Å². The minimum absolute atomic E-state index is 0.0146. The van der Waals surface area contributed by atoms with Crippen molar-refractivity contribution in [1.29, 1.82) is 0 Å². The van der Waals surface area contributed by atoms with Crippen molar-refractivity contribution in [2.24, 2.45) is 46.4 Å². The molecule has 0 aromatic carbocycles. The standard InChI is InChI=1S/C52H98N16O13/c1-9-29(6)11-10-12-40(71)59-32(13-19-53)47(76)68-42(31(8)70)52(81)64-35(16-22-56)44(73)63-37-18-24-58-51(80)41(30(7)69)67-48(77)36(17-23-57)61-43(72)33(14-20-54)62-49(78)38(25-27(2)3)66-50(79)39(26-28(4)5)65-45(74)34(15-21-55)60-46(37)75/h27-39,41-42,69-70H,9-26,53-57H2,1-8H3,(H,58,80)(H,59,71)(H,60,75)(H,61,72)(H,62,78)(H,63,73)(H,64,81)(H,65,74)(H,66,79)(H,67,77)(H,68,76)/t29?,30-,31-,32+,33+,34+,35+,36-,37+,38-,39?,41?,42+/m1/s1. The van der Waals surface area contributed by atoms with E-state index in [1.165, 1.54) is 13.8 Å². The molecule has 0 aromatic heterocycles. The van der Waals surface area contributed by atoms with Crippen molar-refractivity contribution in [3.8, 4) is 0 Å². The second kappa shape index (κ2) is 38.6. The zero-order valence-electron chi connectivity index (χ0n) is 48.7. The largest absolute Gasteiger partial charge is 0.391 e. The summed E-state index contributed by atoms with van der Waals surface area (Å²) in [7, 11) is 0. The quantitative estimate of drug-likeness (QED) is 0.0347. The minimum Gasteiger partial charge on any atom is -0.391 e. The molecule has 1 fully saturated rings. The molecular weight excluding hydrogens is 1060 g/mol. The van der Waals surface area contributed by atoms with E-state index >= 15 is 0 Å². The molecule has 29 heteroatoms. The maximum atomic E-state index is 14.4. The van der Waals surface area contributed by atoms with Crippen LogP contribution in [0.2, 0.25) is 0 Å². The lowest BCUT2D eigenvalue weighted by atomic mass is 9.99. The molecular formula is C52H98N16O13. The summed E-state index contributed by atoms with van der Waals surface area (Å²) in [6, 6.07) is -14.5. The Bertz CT molecular complexity index is 2050. The number of carbonyl (C=O) groups excluding carboxylic acids is 11. The highest BCUT2D eigenvalue weighted by Crippen LogP contribution is 2.13. The van der Waals surface area contributed by atoms with Gasteiger partial charge in [-0.25, -0.2) is 0 Å². The highest BCUT2D eigenvalue weighted by molar-refractivity contribution is 5.99. The number of hydrogen-bond donors (Lipinski definition) is 18. The fourth-order valence-corrected chi connectivity index (χ4v) is 8.60. The molecule has 1 saturated heterocycles. The molecule has 0 aromatic rings. The molecule has 0 radical (unpaired) electrons. The van der Waals surface area contributed by atoms with Crippen LogP contribution in [-0.4, -0.2) is 187 Å². The van der Waals surface area contributed by atoms with Gasteiger partial charge >= 0.3 is 0 Å². The molecule has 464 valence electrons. The molecule has 1 aliphatic rings. The van der Waals surface area contributed by atoms with Crippen molar-refractivity contribution in [2.45, 2.75) is 205 Å². The van der Waals surface area contributed by atoms with Crippen LogP contribution in [0.1, 0.15) is 132 Å². The van der Waals surface area contributed by atoms with Crippen LogP contribution in [-0.2, 0) is 52.7 Å². The van der Waals surface area contributed by atoms with Crippen molar-refractivity contribution in [3.63, 3.8) is 0 Å². The van der Waals surface area contributed by atoms with E-state index in [1.54, 1.807) is 27.7 Å². The van der Waals surface area contributed by atoms with Crippen LogP contribution in [0, 0.1) is 17.8 Å². The number of hydrogen-bond acceptors (Lipinski definition) is 18. The fourth-order valence-electron chi connectivity index (χ4n) is 8.60. The molecule has 29 nitrogen and oxygen atoms in total. The Hall–Kier alpha value is -6.11. The molecule has 0 aliphatic carbocycles. The molecule has 1 rings (SSSR count). The molecule has 0 saturated carbocycles. The summed E-state index contributed by atoms with van der Waals surface area (Å²) in [4.78, 5) is 153. The Balaban J connectivity index is 3.84. The van der Waals surface area contributed by atoms with Gasteiger partial charge in [-0.2, -0.15) is 0 Å². The second-order valence-corrected chi connectivity index (χ2v) is 21.6. The van der Waals surface area contributed by atoms with E-state index in [2.05, 4.69) is 65.4 Å². The summed E-state index contributed by atoms with van der Waals surface area (Å²) in [6.45, 7) is 12.5. The van der Waals surface area contributed by atoms with Gasteiger partial charge in [0.15, 0.2) is 0 Å². The van der Waals surface area contributed by atoms with Gasteiger partial charge in [-0.1, -0.05) is 54.4 Å². The lowest BCUT2D eigenvalue weighted by Crippen LogP contribution is -2.62. The first kappa shape index (κ1) is 72.9. The first-order valence-corrected chi connectivity index (χ1v) is 28.3. The number of amides is 11. The fraction of sp³-hybridized carbons (Fsp3) is 0.788. The van der Waals surface area contributed by atoms with Gasteiger partial charge in [0.05, 0.1) is 12.2 Å². The monoisotopic (exact) mass is 1150 g/mol. The van der Waals surface area contributed by atoms with E-state index in [9.17, 15) is 63.0 Å². The lowest BCUT2D eigenvalue weighted by Gasteiger charge is -2.29. The van der Waals surface area contributed by atoms with E-state index in [0.29, 0.717) is 12.3 Å². The number of nitrogens with two attached hydrogens (primary N) is 5. The number of aliphatic hydroxyl groups excluding tert-OH is 2. The summed E-state index contributed by atoms with van der Waals surface area (Å²) in [5.74, 6) is -9.60. The topological polar surface area (TPSA) is 491 Å². The molecule has 0 bridgehead atoms. The third-order valence-corrected chi connectivity index (χ3v) is 13.4. The van der Waals surface area contributed by atoms with Crippen molar-refractivity contribution in [1.82, 2.24) is 58.5 Å². The predicted molar refractivity (Wildman–Crippen MR) is 301 cm³/mol. The van der Waals surface area contributed by atoms with Crippen LogP contribution in [0.15, 0.2) is 0 Å². The maximum absolute atomic E-state index is 14.4. The zero-order chi connectivity index (χ0) is 61.5. The number of aliphatic hydroxyl groups is 2.